The van der Waals surface area contributed by atoms with Gasteiger partial charge in [-0.25, -0.2) is 19.1 Å². The fourth-order valence-corrected chi connectivity index (χ4v) is 3.40. The average Bonchev–Trinajstić information content (AvgIpc) is 3.18. The molecule has 0 aliphatic rings. The molecule has 3 amide bonds. The highest BCUT2D eigenvalue weighted by Crippen LogP contribution is 2.36. The number of fused-ring (bicyclic) bond motifs is 1. The van der Waals surface area contributed by atoms with Crippen LogP contribution in [0.2, 0.25) is 0 Å². The summed E-state index contributed by atoms with van der Waals surface area (Å²) in [5.41, 5.74) is 1.28. The van der Waals surface area contributed by atoms with Crippen LogP contribution in [-0.4, -0.2) is 59.5 Å². The lowest BCUT2D eigenvalue weighted by molar-refractivity contribution is -0.129. The van der Waals surface area contributed by atoms with Gasteiger partial charge in [-0.05, 0) is 47.3 Å². The van der Waals surface area contributed by atoms with Gasteiger partial charge in [0.05, 0.1) is 5.56 Å². The number of amides is 3. The maximum Gasteiger partial charge on any atom is 0.423 e. The number of imide groups is 1. The lowest BCUT2D eigenvalue weighted by Crippen LogP contribution is -2.38. The number of rotatable bonds is 4. The number of aliphatic hydroxyl groups is 1. The number of aliphatic hydroxyl groups excluding tert-OH is 1. The lowest BCUT2D eigenvalue weighted by atomic mass is 10.0. The van der Waals surface area contributed by atoms with Gasteiger partial charge in [-0.15, -0.1) is 0 Å². The molecule has 0 saturated heterocycles. The molecule has 0 bridgehead atoms. The molecule has 3 aromatic carbocycles. The Balaban J connectivity index is 0.000000427. The number of phenolic OH excluding ortho intramolecular Hbond substituents is 1. The number of aromatic hydroxyl groups is 1. The predicted octanol–water partition coefficient (Wildman–Crippen LogP) is 3.29. The van der Waals surface area contributed by atoms with Crippen molar-refractivity contribution in [2.45, 2.75) is 13.8 Å². The second kappa shape index (κ2) is 12.1. The summed E-state index contributed by atoms with van der Waals surface area (Å²) < 4.78 is 8.98. The Morgan fingerprint density at radius 3 is 2.13 bits per heavy atom. The number of benzene rings is 3. The zero-order valence-corrected chi connectivity index (χ0v) is 21.9. The fourth-order valence-electron chi connectivity index (χ4n) is 3.33. The van der Waals surface area contributed by atoms with E-state index in [-0.39, 0.29) is 22.4 Å². The highest BCUT2D eigenvalue weighted by atomic mass is 32.1. The second-order valence-electron chi connectivity index (χ2n) is 8.05. The van der Waals surface area contributed by atoms with Gasteiger partial charge in [-0.1, -0.05) is 42.5 Å². The molecule has 0 saturated carbocycles. The first-order valence-corrected chi connectivity index (χ1v) is 11.6. The van der Waals surface area contributed by atoms with Crippen LogP contribution in [0.4, 0.5) is 10.5 Å². The SMILES string of the molecule is CC(=O)N(CO)C(=O)Oc1cc(C(=O)Nc2ccccc2C)c(O)c2ccccc12.Cn1nnn(C)c1=S. The topological polar surface area (TPSA) is 152 Å². The van der Waals surface area contributed by atoms with Crippen molar-refractivity contribution in [2.75, 3.05) is 12.0 Å². The van der Waals surface area contributed by atoms with Gasteiger partial charge in [0.15, 0.2) is 0 Å². The van der Waals surface area contributed by atoms with Crippen molar-refractivity contribution in [2.24, 2.45) is 14.1 Å². The number of carbonyl (C=O) groups is 3. The smallest absolute Gasteiger partial charge is 0.423 e. The summed E-state index contributed by atoms with van der Waals surface area (Å²) in [6.07, 6.45) is -1.11. The summed E-state index contributed by atoms with van der Waals surface area (Å²) in [4.78, 5) is 37.1. The number of anilines is 1. The van der Waals surface area contributed by atoms with E-state index in [9.17, 15) is 24.6 Å². The van der Waals surface area contributed by atoms with Gasteiger partial charge in [-0.3, -0.25) is 9.59 Å². The Kier molecular flexibility index (Phi) is 8.89. The molecule has 0 radical (unpaired) electrons. The summed E-state index contributed by atoms with van der Waals surface area (Å²) in [6, 6.07) is 14.9. The van der Waals surface area contributed by atoms with Crippen LogP contribution >= 0.6 is 12.2 Å². The minimum atomic E-state index is -1.11. The number of para-hydroxylation sites is 1. The summed E-state index contributed by atoms with van der Waals surface area (Å²) in [6.45, 7) is 2.08. The number of tetrazole rings is 1. The summed E-state index contributed by atoms with van der Waals surface area (Å²) in [5.74, 6) is -1.62. The molecule has 1 aromatic heterocycles. The standard InChI is InChI=1S/C22H20N2O6.C3H6N4S/c1-13-7-3-6-10-18(13)23-21(28)17-11-19(30-22(29)24(12-25)14(2)26)15-8-4-5-9-16(15)20(17)27;1-6-3(8)7(2)5-4-6/h3-11,25,27H,12H2,1-2H3,(H,23,28);1-2H3. The molecular formula is C25H26N6O6S. The van der Waals surface area contributed by atoms with Crippen molar-refractivity contribution in [3.05, 3.63) is 70.5 Å². The summed E-state index contributed by atoms with van der Waals surface area (Å²) in [5, 5.41) is 30.5. The molecular weight excluding hydrogens is 512 g/mol. The fraction of sp³-hybridized carbons (Fsp3) is 0.200. The van der Waals surface area contributed by atoms with E-state index in [0.717, 1.165) is 12.5 Å². The first-order valence-electron chi connectivity index (χ1n) is 11.2. The van der Waals surface area contributed by atoms with E-state index in [1.165, 1.54) is 15.4 Å². The molecule has 3 N–H and O–H groups in total. The number of nitrogens with one attached hydrogen (secondary N) is 1. The maximum absolute atomic E-state index is 12.9. The van der Waals surface area contributed by atoms with E-state index in [0.29, 0.717) is 20.7 Å². The number of ether oxygens (including phenoxy) is 1. The van der Waals surface area contributed by atoms with E-state index in [2.05, 4.69) is 15.7 Å². The Bertz CT molecular complexity index is 1540. The molecule has 12 nitrogen and oxygen atoms in total. The molecule has 198 valence electrons. The minimum absolute atomic E-state index is 0.0389. The number of nitrogens with zero attached hydrogens (tertiary/aromatic N) is 5. The molecule has 13 heteroatoms. The van der Waals surface area contributed by atoms with E-state index < -0.39 is 24.6 Å². The number of carbonyl (C=O) groups excluding carboxylic acids is 3. The zero-order valence-electron chi connectivity index (χ0n) is 21.1. The third-order valence-corrected chi connectivity index (χ3v) is 5.95. The summed E-state index contributed by atoms with van der Waals surface area (Å²) >= 11 is 4.83. The van der Waals surface area contributed by atoms with Crippen LogP contribution in [0.25, 0.3) is 10.8 Å². The lowest BCUT2D eigenvalue weighted by Gasteiger charge is -2.18. The normalized spacial score (nSPS) is 10.3. The minimum Gasteiger partial charge on any atom is -0.506 e. The van der Waals surface area contributed by atoms with Crippen LogP contribution < -0.4 is 10.1 Å². The van der Waals surface area contributed by atoms with E-state index in [1.54, 1.807) is 50.5 Å². The molecule has 1 heterocycles. The maximum atomic E-state index is 12.9. The van der Waals surface area contributed by atoms with Gasteiger partial charge in [0, 0.05) is 37.5 Å². The van der Waals surface area contributed by atoms with Crippen molar-refractivity contribution >= 4 is 46.6 Å². The molecule has 0 spiro atoms. The Morgan fingerprint density at radius 1 is 1.03 bits per heavy atom. The molecule has 4 rings (SSSR count). The van der Waals surface area contributed by atoms with E-state index in [1.807, 2.05) is 19.1 Å². The van der Waals surface area contributed by atoms with Crippen LogP contribution in [0.15, 0.2) is 54.6 Å². The summed E-state index contributed by atoms with van der Waals surface area (Å²) in [7, 11) is 3.52. The zero-order chi connectivity index (χ0) is 28.0. The van der Waals surface area contributed by atoms with Crippen molar-refractivity contribution in [1.82, 2.24) is 24.7 Å². The van der Waals surface area contributed by atoms with Crippen LogP contribution in [-0.2, 0) is 18.9 Å². The van der Waals surface area contributed by atoms with Crippen molar-refractivity contribution in [3.63, 3.8) is 0 Å². The molecule has 0 fully saturated rings. The number of aromatic nitrogens is 4. The van der Waals surface area contributed by atoms with Crippen LogP contribution in [0.3, 0.4) is 0 Å². The van der Waals surface area contributed by atoms with Gasteiger partial charge < -0.3 is 20.3 Å². The third kappa shape index (κ3) is 6.19. The number of hydrogen-bond donors (Lipinski definition) is 3. The van der Waals surface area contributed by atoms with Crippen LogP contribution in [0.5, 0.6) is 11.5 Å². The van der Waals surface area contributed by atoms with E-state index >= 15 is 0 Å². The number of phenols is 1. The molecule has 4 aromatic rings. The Morgan fingerprint density at radius 2 is 1.61 bits per heavy atom. The van der Waals surface area contributed by atoms with Crippen LogP contribution in [0, 0.1) is 11.7 Å². The van der Waals surface area contributed by atoms with Gasteiger partial charge >= 0.3 is 6.09 Å². The largest absolute Gasteiger partial charge is 0.506 e. The first kappa shape index (κ1) is 28.0. The van der Waals surface area contributed by atoms with Crippen molar-refractivity contribution < 1.29 is 29.3 Å². The average molecular weight is 539 g/mol. The molecule has 0 aliphatic heterocycles. The quantitative estimate of drug-likeness (QED) is 0.262. The molecule has 38 heavy (non-hydrogen) atoms. The third-order valence-electron chi connectivity index (χ3n) is 5.42. The van der Waals surface area contributed by atoms with Crippen molar-refractivity contribution in [3.8, 4) is 11.5 Å². The van der Waals surface area contributed by atoms with Gasteiger partial charge in [-0.2, -0.15) is 0 Å². The first-order chi connectivity index (χ1) is 18.0. The van der Waals surface area contributed by atoms with E-state index in [4.69, 9.17) is 17.0 Å². The van der Waals surface area contributed by atoms with Gasteiger partial charge in [0.2, 0.25) is 10.7 Å². The predicted molar refractivity (Wildman–Crippen MR) is 141 cm³/mol. The number of hydrogen-bond acceptors (Lipinski definition) is 9. The van der Waals surface area contributed by atoms with Gasteiger partial charge in [0.25, 0.3) is 5.91 Å². The van der Waals surface area contributed by atoms with Gasteiger partial charge in [0.1, 0.15) is 18.2 Å². The van der Waals surface area contributed by atoms with Crippen molar-refractivity contribution in [1.29, 1.82) is 0 Å². The second-order valence-corrected chi connectivity index (χ2v) is 8.42. The molecule has 0 unspecified atom stereocenters. The highest BCUT2D eigenvalue weighted by Gasteiger charge is 2.23. The Hall–Kier alpha value is -4.62. The van der Waals surface area contributed by atoms with Crippen LogP contribution in [0.1, 0.15) is 22.8 Å². The molecule has 0 aliphatic carbocycles. The monoisotopic (exact) mass is 538 g/mol. The number of aryl methyl sites for hydroxylation is 3. The highest BCUT2D eigenvalue weighted by molar-refractivity contribution is 7.71. The Labute approximate surface area is 222 Å². The molecule has 0 atom stereocenters.